The lowest BCUT2D eigenvalue weighted by Crippen LogP contribution is -2.40. The molecule has 10 rings (SSSR count). The van der Waals surface area contributed by atoms with Crippen LogP contribution in [0, 0.1) is 0 Å². The van der Waals surface area contributed by atoms with Crippen LogP contribution >= 0.6 is 0 Å². The molecule has 0 aromatic heterocycles. The molecule has 0 heterocycles. The van der Waals surface area contributed by atoms with Gasteiger partial charge in [0.2, 0.25) is 0 Å². The summed E-state index contributed by atoms with van der Waals surface area (Å²) in [6, 6.07) is 61.6. The molecule has 1 heteroatoms. The minimum absolute atomic E-state index is 0.0881. The minimum atomic E-state index is -0.444. The van der Waals surface area contributed by atoms with Gasteiger partial charge >= 0.3 is 0 Å². The van der Waals surface area contributed by atoms with E-state index in [0.717, 1.165) is 5.69 Å². The lowest BCUT2D eigenvalue weighted by Gasteiger charge is -2.47. The maximum atomic E-state index is 2.53. The lowest BCUT2D eigenvalue weighted by molar-refractivity contribution is 0.563. The largest absolute Gasteiger partial charge is 0.310 e. The average Bonchev–Trinajstić information content (AvgIpc) is 3.58. The second-order valence-electron chi connectivity index (χ2n) is 15.3. The molecule has 0 saturated heterocycles. The fourth-order valence-corrected chi connectivity index (χ4v) is 9.91. The normalized spacial score (nSPS) is 16.1. The van der Waals surface area contributed by atoms with Gasteiger partial charge in [0.1, 0.15) is 0 Å². The molecule has 0 unspecified atom stereocenters. The number of rotatable bonds is 3. The van der Waals surface area contributed by atoms with Gasteiger partial charge in [-0.15, -0.1) is 0 Å². The molecule has 50 heavy (non-hydrogen) atoms. The fourth-order valence-electron chi connectivity index (χ4n) is 9.91. The van der Waals surface area contributed by atoms with E-state index in [1.54, 1.807) is 0 Å². The summed E-state index contributed by atoms with van der Waals surface area (Å²) < 4.78 is 0. The first kappa shape index (κ1) is 29.3. The van der Waals surface area contributed by atoms with E-state index in [-0.39, 0.29) is 10.8 Å². The van der Waals surface area contributed by atoms with Gasteiger partial charge in [-0.3, -0.25) is 0 Å². The van der Waals surface area contributed by atoms with Crippen molar-refractivity contribution in [2.75, 3.05) is 4.90 Å². The van der Waals surface area contributed by atoms with E-state index in [4.69, 9.17) is 0 Å². The number of para-hydroxylation sites is 1. The molecule has 1 nitrogen and oxygen atoms in total. The van der Waals surface area contributed by atoms with Crippen LogP contribution in [-0.4, -0.2) is 0 Å². The third-order valence-electron chi connectivity index (χ3n) is 12.1. The van der Waals surface area contributed by atoms with Crippen LogP contribution in [0.5, 0.6) is 0 Å². The molecule has 240 valence electrons. The summed E-state index contributed by atoms with van der Waals surface area (Å²) in [4.78, 5) is 2.51. The highest BCUT2D eigenvalue weighted by Crippen LogP contribution is 2.63. The molecule has 0 aliphatic heterocycles. The molecular weight excluding hydrogens is 603 g/mol. The summed E-state index contributed by atoms with van der Waals surface area (Å²) in [6.07, 6.45) is 0. The van der Waals surface area contributed by atoms with Crippen molar-refractivity contribution in [3.63, 3.8) is 0 Å². The van der Waals surface area contributed by atoms with Crippen LogP contribution in [0.2, 0.25) is 0 Å². The number of hydrogen-bond acceptors (Lipinski definition) is 1. The van der Waals surface area contributed by atoms with Crippen molar-refractivity contribution in [3.05, 3.63) is 208 Å². The Morgan fingerprint density at radius 1 is 0.340 bits per heavy atom. The van der Waals surface area contributed by atoms with E-state index in [2.05, 4.69) is 196 Å². The first-order valence-corrected chi connectivity index (χ1v) is 17.9. The van der Waals surface area contributed by atoms with E-state index in [0.29, 0.717) is 0 Å². The first-order chi connectivity index (χ1) is 24.3. The molecule has 7 aromatic rings. The SMILES string of the molecule is CC1(C)c2ccccc2C2(c3ccccc3-c3ccccc32)c2cc(N(c3ccccc3)c3cccc4c3-c3ccccc3C4(C)C)ccc21. The number of anilines is 3. The van der Waals surface area contributed by atoms with Crippen LogP contribution < -0.4 is 4.90 Å². The van der Waals surface area contributed by atoms with Gasteiger partial charge in [0.15, 0.2) is 0 Å². The first-order valence-electron chi connectivity index (χ1n) is 17.9. The summed E-state index contributed by atoms with van der Waals surface area (Å²) >= 11 is 0. The zero-order valence-electron chi connectivity index (χ0n) is 29.0. The minimum Gasteiger partial charge on any atom is -0.310 e. The molecule has 0 atom stereocenters. The van der Waals surface area contributed by atoms with Gasteiger partial charge in [0.25, 0.3) is 0 Å². The topological polar surface area (TPSA) is 3.24 Å². The van der Waals surface area contributed by atoms with Gasteiger partial charge in [-0.2, -0.15) is 0 Å². The highest BCUT2D eigenvalue weighted by atomic mass is 15.1. The Morgan fingerprint density at radius 2 is 0.840 bits per heavy atom. The van der Waals surface area contributed by atoms with E-state index in [1.165, 1.54) is 78.1 Å². The molecule has 1 spiro atoms. The van der Waals surface area contributed by atoms with Crippen LogP contribution in [0.4, 0.5) is 17.1 Å². The Morgan fingerprint density at radius 3 is 1.52 bits per heavy atom. The number of hydrogen-bond donors (Lipinski definition) is 0. The average molecular weight is 642 g/mol. The van der Waals surface area contributed by atoms with Crippen molar-refractivity contribution < 1.29 is 0 Å². The van der Waals surface area contributed by atoms with Gasteiger partial charge in [-0.25, -0.2) is 0 Å². The van der Waals surface area contributed by atoms with Crippen LogP contribution in [0.3, 0.4) is 0 Å². The molecule has 0 saturated carbocycles. The Kier molecular flexibility index (Phi) is 5.96. The summed E-state index contributed by atoms with van der Waals surface area (Å²) in [5.41, 5.74) is 19.1. The Balaban J connectivity index is 1.31. The monoisotopic (exact) mass is 641 g/mol. The van der Waals surface area contributed by atoms with Crippen molar-refractivity contribution >= 4 is 17.1 Å². The summed E-state index contributed by atoms with van der Waals surface area (Å²) in [5, 5.41) is 0. The van der Waals surface area contributed by atoms with Gasteiger partial charge < -0.3 is 4.90 Å². The quantitative estimate of drug-likeness (QED) is 0.186. The number of nitrogens with zero attached hydrogens (tertiary/aromatic N) is 1. The van der Waals surface area contributed by atoms with Crippen molar-refractivity contribution in [2.45, 2.75) is 43.9 Å². The molecule has 0 fully saturated rings. The molecular formula is C49H39N. The molecule has 0 bridgehead atoms. The van der Waals surface area contributed by atoms with E-state index < -0.39 is 5.41 Å². The van der Waals surface area contributed by atoms with Crippen molar-refractivity contribution in [3.8, 4) is 22.3 Å². The second kappa shape index (κ2) is 10.2. The van der Waals surface area contributed by atoms with Crippen molar-refractivity contribution in [1.82, 2.24) is 0 Å². The molecule has 0 N–H and O–H groups in total. The smallest absolute Gasteiger partial charge is 0.0720 e. The molecule has 0 amide bonds. The Hall–Kier alpha value is -5.66. The molecule has 7 aromatic carbocycles. The Labute approximate surface area is 295 Å². The molecule has 3 aliphatic rings. The van der Waals surface area contributed by atoms with Crippen LogP contribution in [0.15, 0.2) is 164 Å². The van der Waals surface area contributed by atoms with Crippen molar-refractivity contribution in [2.24, 2.45) is 0 Å². The summed E-state index contributed by atoms with van der Waals surface area (Å²) in [7, 11) is 0. The van der Waals surface area contributed by atoms with E-state index >= 15 is 0 Å². The third kappa shape index (κ3) is 3.62. The maximum absolute atomic E-state index is 2.53. The molecule has 3 aliphatic carbocycles. The highest BCUT2D eigenvalue weighted by molar-refractivity contribution is 5.96. The summed E-state index contributed by atoms with van der Waals surface area (Å²) in [6.45, 7) is 9.54. The maximum Gasteiger partial charge on any atom is 0.0720 e. The predicted octanol–water partition coefficient (Wildman–Crippen LogP) is 12.5. The van der Waals surface area contributed by atoms with E-state index in [9.17, 15) is 0 Å². The standard InChI is InChI=1S/C49H39N/c1-47(2)37-22-11-10-21-36(37)46-43(47)27-16-28-45(46)50(32-17-6-5-7-18-32)33-29-30-41-44(31-33)49(42-26-15-14-25-40(42)48(41,3)4)38-23-12-8-19-34(38)35-20-9-13-24-39(35)49/h5-31H,1-4H3. The molecule has 0 radical (unpaired) electrons. The van der Waals surface area contributed by atoms with Gasteiger partial charge in [0, 0.05) is 27.8 Å². The number of fused-ring (bicyclic) bond motifs is 12. The predicted molar refractivity (Wildman–Crippen MR) is 208 cm³/mol. The lowest BCUT2D eigenvalue weighted by atomic mass is 9.55. The Bertz CT molecular complexity index is 2450. The zero-order chi connectivity index (χ0) is 33.8. The fraction of sp³-hybridized carbons (Fsp3) is 0.143. The van der Waals surface area contributed by atoms with Gasteiger partial charge in [-0.1, -0.05) is 161 Å². The van der Waals surface area contributed by atoms with Gasteiger partial charge in [0.05, 0.1) is 11.1 Å². The number of benzene rings is 7. The van der Waals surface area contributed by atoms with Crippen LogP contribution in [0.1, 0.15) is 72.2 Å². The van der Waals surface area contributed by atoms with Crippen molar-refractivity contribution in [1.29, 1.82) is 0 Å². The summed E-state index contributed by atoms with van der Waals surface area (Å²) in [5.74, 6) is 0. The second-order valence-corrected chi connectivity index (χ2v) is 15.3. The van der Waals surface area contributed by atoms with Gasteiger partial charge in [-0.05, 0) is 91.5 Å². The van der Waals surface area contributed by atoms with Crippen LogP contribution in [-0.2, 0) is 16.2 Å². The highest BCUT2D eigenvalue weighted by Gasteiger charge is 2.53. The van der Waals surface area contributed by atoms with E-state index in [1.807, 2.05) is 0 Å². The zero-order valence-corrected chi connectivity index (χ0v) is 29.0. The van der Waals surface area contributed by atoms with Crippen LogP contribution in [0.25, 0.3) is 22.3 Å². The third-order valence-corrected chi connectivity index (χ3v) is 12.1.